The molecule has 0 N–H and O–H groups in total. The van der Waals surface area contributed by atoms with Crippen LogP contribution in [0.25, 0.3) is 16.0 Å². The van der Waals surface area contributed by atoms with Crippen molar-refractivity contribution in [2.24, 2.45) is 0 Å². The smallest absolute Gasteiger partial charge is 0.187 e. The number of benzene rings is 7. The van der Waals surface area contributed by atoms with E-state index in [2.05, 4.69) is 174 Å². The molecule has 0 saturated carbocycles. The minimum absolute atomic E-state index is 0.634. The summed E-state index contributed by atoms with van der Waals surface area (Å²) in [6.07, 6.45) is 0. The third kappa shape index (κ3) is 5.43. The molecule has 7 aromatic rings. The van der Waals surface area contributed by atoms with Crippen LogP contribution >= 0.6 is 0 Å². The zero-order chi connectivity index (χ0) is 31.2. The molecule has 3 heteroatoms. The molecule has 2 nitrogen and oxygen atoms in total. The largest absolute Gasteiger partial charge is 0.311 e. The van der Waals surface area contributed by atoms with Gasteiger partial charge in [-0.2, -0.15) is 0 Å². The van der Waals surface area contributed by atoms with Crippen LogP contribution in [0.1, 0.15) is 0 Å². The van der Waals surface area contributed by atoms with Gasteiger partial charge in [0, 0.05) is 17.1 Å². The molecule has 0 atom stereocenters. The summed E-state index contributed by atoms with van der Waals surface area (Å²) in [5.41, 5.74) is 6.12. The molecule has 0 bridgehead atoms. The van der Waals surface area contributed by atoms with Gasteiger partial charge in [0.05, 0.1) is 6.57 Å². The first kappa shape index (κ1) is 28.8. The van der Waals surface area contributed by atoms with Crippen LogP contribution in [0.3, 0.4) is 0 Å². The van der Waals surface area contributed by atoms with Gasteiger partial charge in [0.2, 0.25) is 0 Å². The van der Waals surface area contributed by atoms with E-state index < -0.39 is 8.07 Å². The Hall–Kier alpha value is -5.95. The van der Waals surface area contributed by atoms with Crippen molar-refractivity contribution in [3.8, 4) is 11.1 Å². The summed E-state index contributed by atoms with van der Waals surface area (Å²) in [6.45, 7) is 7.35. The van der Waals surface area contributed by atoms with Gasteiger partial charge >= 0.3 is 0 Å². The summed E-state index contributed by atoms with van der Waals surface area (Å²) < 4.78 is 0. The molecule has 0 unspecified atom stereocenters. The quantitative estimate of drug-likeness (QED) is 0.0956. The van der Waals surface area contributed by atoms with Crippen molar-refractivity contribution in [2.75, 3.05) is 4.90 Å². The Balaban J connectivity index is 1.29. The van der Waals surface area contributed by atoms with Crippen LogP contribution in [0.2, 0.25) is 0 Å². The number of hydrogen-bond acceptors (Lipinski definition) is 1. The van der Waals surface area contributed by atoms with E-state index >= 15 is 0 Å². The lowest BCUT2D eigenvalue weighted by Gasteiger charge is -2.34. The average Bonchev–Trinajstić information content (AvgIpc) is 3.15. The molecule has 0 saturated heterocycles. The topological polar surface area (TPSA) is 7.60 Å². The van der Waals surface area contributed by atoms with Gasteiger partial charge in [-0.25, -0.2) is 4.85 Å². The predicted octanol–water partition coefficient (Wildman–Crippen LogP) is 8.75. The number of nitrogens with zero attached hydrogens (tertiary/aromatic N) is 2. The maximum Gasteiger partial charge on any atom is 0.187 e. The van der Waals surface area contributed by atoms with E-state index in [1.54, 1.807) is 0 Å². The molecular formula is C43H32N2Si. The van der Waals surface area contributed by atoms with Crippen molar-refractivity contribution in [2.45, 2.75) is 0 Å². The van der Waals surface area contributed by atoms with Crippen LogP contribution in [-0.4, -0.2) is 8.07 Å². The normalized spacial score (nSPS) is 11.0. The molecule has 0 fully saturated rings. The minimum atomic E-state index is -2.55. The monoisotopic (exact) mass is 604 g/mol. The van der Waals surface area contributed by atoms with E-state index in [4.69, 9.17) is 6.57 Å². The molecular weight excluding hydrogens is 573 g/mol. The molecule has 0 heterocycles. The molecule has 0 spiro atoms. The molecule has 0 amide bonds. The molecule has 0 radical (unpaired) electrons. The van der Waals surface area contributed by atoms with Crippen LogP contribution in [0.5, 0.6) is 0 Å². The Morgan fingerprint density at radius 1 is 0.348 bits per heavy atom. The standard InChI is InChI=1S/C43H32N2Si/c1-44-36-26-30-39(31-27-36)45(37-14-6-2-7-15-37)38-28-22-34(23-29-38)35-24-32-43(33-25-35)46(40-16-8-3-9-17-40,41-18-10-4-11-19-41)42-20-12-5-13-21-42/h2-33H. The third-order valence-electron chi connectivity index (χ3n) is 8.65. The lowest BCUT2D eigenvalue weighted by atomic mass is 10.0. The maximum atomic E-state index is 7.35. The number of hydrogen-bond donors (Lipinski definition) is 0. The summed E-state index contributed by atoms with van der Waals surface area (Å²) in [6, 6.07) is 69.2. The lowest BCUT2D eigenvalue weighted by Crippen LogP contribution is -2.74. The number of anilines is 3. The Labute approximate surface area is 272 Å². The highest BCUT2D eigenvalue weighted by Crippen LogP contribution is 2.36. The van der Waals surface area contributed by atoms with Gasteiger partial charge in [-0.05, 0) is 68.3 Å². The Bertz CT molecular complexity index is 1960. The van der Waals surface area contributed by atoms with Crippen LogP contribution in [0.4, 0.5) is 22.7 Å². The average molecular weight is 605 g/mol. The van der Waals surface area contributed by atoms with Crippen LogP contribution in [0.15, 0.2) is 194 Å². The highest BCUT2D eigenvalue weighted by Gasteiger charge is 2.41. The summed E-state index contributed by atoms with van der Waals surface area (Å²) in [7, 11) is -2.55. The van der Waals surface area contributed by atoms with Crippen molar-refractivity contribution in [3.63, 3.8) is 0 Å². The van der Waals surface area contributed by atoms with Gasteiger partial charge in [-0.3, -0.25) is 0 Å². The first-order chi connectivity index (χ1) is 22.8. The fourth-order valence-corrected chi connectivity index (χ4v) is 11.2. The second-order valence-electron chi connectivity index (χ2n) is 11.3. The molecule has 46 heavy (non-hydrogen) atoms. The highest BCUT2D eigenvalue weighted by atomic mass is 28.3. The lowest BCUT2D eigenvalue weighted by molar-refractivity contribution is 1.28. The van der Waals surface area contributed by atoms with Gasteiger partial charge in [0.1, 0.15) is 0 Å². The second-order valence-corrected chi connectivity index (χ2v) is 15.1. The van der Waals surface area contributed by atoms with Gasteiger partial charge in [-0.1, -0.05) is 158 Å². The van der Waals surface area contributed by atoms with Gasteiger partial charge < -0.3 is 4.90 Å². The highest BCUT2D eigenvalue weighted by molar-refractivity contribution is 7.19. The van der Waals surface area contributed by atoms with Crippen molar-refractivity contribution < 1.29 is 0 Å². The first-order valence-corrected chi connectivity index (χ1v) is 17.5. The van der Waals surface area contributed by atoms with Crippen molar-refractivity contribution in [3.05, 3.63) is 206 Å². The van der Waals surface area contributed by atoms with Crippen LogP contribution < -0.4 is 25.6 Å². The Kier molecular flexibility index (Phi) is 8.11. The molecule has 7 aromatic carbocycles. The van der Waals surface area contributed by atoms with E-state index in [1.807, 2.05) is 30.3 Å². The van der Waals surface area contributed by atoms with Crippen molar-refractivity contribution >= 4 is 51.6 Å². The zero-order valence-corrected chi connectivity index (χ0v) is 26.4. The fraction of sp³-hybridized carbons (Fsp3) is 0. The fourth-order valence-electron chi connectivity index (χ4n) is 6.48. The third-order valence-corrected chi connectivity index (χ3v) is 13.4. The zero-order valence-electron chi connectivity index (χ0n) is 25.4. The van der Waals surface area contributed by atoms with E-state index in [0.717, 1.165) is 22.6 Å². The summed E-state index contributed by atoms with van der Waals surface area (Å²) >= 11 is 0. The van der Waals surface area contributed by atoms with Crippen molar-refractivity contribution in [1.29, 1.82) is 0 Å². The van der Waals surface area contributed by atoms with Crippen LogP contribution in [0, 0.1) is 6.57 Å². The van der Waals surface area contributed by atoms with E-state index in [1.165, 1.54) is 26.3 Å². The van der Waals surface area contributed by atoms with E-state index in [0.29, 0.717) is 5.69 Å². The Morgan fingerprint density at radius 2 is 0.674 bits per heavy atom. The predicted molar refractivity (Wildman–Crippen MR) is 196 cm³/mol. The maximum absolute atomic E-state index is 7.35. The number of para-hydroxylation sites is 1. The Morgan fingerprint density at radius 3 is 1.09 bits per heavy atom. The molecule has 218 valence electrons. The summed E-state index contributed by atoms with van der Waals surface area (Å²) in [5, 5.41) is 5.47. The van der Waals surface area contributed by atoms with Gasteiger partial charge in [0.25, 0.3) is 0 Å². The van der Waals surface area contributed by atoms with Crippen LogP contribution in [-0.2, 0) is 0 Å². The summed E-state index contributed by atoms with van der Waals surface area (Å²) in [4.78, 5) is 5.79. The molecule has 7 rings (SSSR count). The van der Waals surface area contributed by atoms with Crippen molar-refractivity contribution in [1.82, 2.24) is 0 Å². The molecule has 0 aliphatic carbocycles. The first-order valence-electron chi connectivity index (χ1n) is 15.5. The molecule has 0 aromatic heterocycles. The molecule has 0 aliphatic rings. The molecule has 0 aliphatic heterocycles. The SMILES string of the molecule is [C-]#[N+]c1ccc(N(c2ccccc2)c2ccc(-c3ccc([Si](c4ccccc4)(c4ccccc4)c4ccccc4)cc3)cc2)cc1. The summed E-state index contributed by atoms with van der Waals surface area (Å²) in [5.74, 6) is 0. The van der Waals surface area contributed by atoms with E-state index in [-0.39, 0.29) is 0 Å². The van der Waals surface area contributed by atoms with Gasteiger partial charge in [-0.15, -0.1) is 0 Å². The second kappa shape index (κ2) is 13.0. The van der Waals surface area contributed by atoms with E-state index in [9.17, 15) is 0 Å². The minimum Gasteiger partial charge on any atom is -0.311 e. The van der Waals surface area contributed by atoms with Gasteiger partial charge in [0.15, 0.2) is 13.8 Å². The number of rotatable bonds is 8.